The largest absolute Gasteiger partial charge is 0.466 e. The number of furan rings is 1. The third-order valence-corrected chi connectivity index (χ3v) is 7.83. The van der Waals surface area contributed by atoms with E-state index < -0.39 is 27.6 Å². The zero-order chi connectivity index (χ0) is 22.4. The summed E-state index contributed by atoms with van der Waals surface area (Å²) in [5.41, 5.74) is -0.696. The second-order valence-corrected chi connectivity index (χ2v) is 9.71. The number of ether oxygens (including phenoxy) is 1. The number of hydrogen-bond acceptors (Lipinski definition) is 7. The molecule has 1 aliphatic heterocycles. The van der Waals surface area contributed by atoms with Crippen molar-refractivity contribution >= 4 is 27.5 Å². The van der Waals surface area contributed by atoms with Crippen LogP contribution in [0.4, 0.5) is 0 Å². The Morgan fingerprint density at radius 3 is 2.52 bits per heavy atom. The predicted molar refractivity (Wildman–Crippen MR) is 110 cm³/mol. The summed E-state index contributed by atoms with van der Waals surface area (Å²) in [5.74, 6) is -0.971. The highest BCUT2D eigenvalue weighted by Gasteiger charge is 2.58. The number of carbonyl (C=O) groups excluding carboxylic acids is 2. The van der Waals surface area contributed by atoms with E-state index in [-0.39, 0.29) is 47.0 Å². The molecular weight excluding hydrogens is 422 g/mol. The van der Waals surface area contributed by atoms with Gasteiger partial charge in [0.05, 0.1) is 29.3 Å². The van der Waals surface area contributed by atoms with E-state index in [1.165, 1.54) is 31.6 Å². The first-order chi connectivity index (χ1) is 14.7. The first kappa shape index (κ1) is 21.3. The highest BCUT2D eigenvalue weighted by atomic mass is 32.2. The summed E-state index contributed by atoms with van der Waals surface area (Å²) < 4.78 is 38.6. The van der Waals surface area contributed by atoms with Crippen molar-refractivity contribution in [1.82, 2.24) is 4.31 Å². The highest BCUT2D eigenvalue weighted by molar-refractivity contribution is 7.89. The van der Waals surface area contributed by atoms with Crippen LogP contribution in [0, 0.1) is 12.3 Å². The topological polar surface area (TPSA) is 114 Å². The molecule has 2 heterocycles. The van der Waals surface area contributed by atoms with Crippen molar-refractivity contribution in [2.75, 3.05) is 7.11 Å². The third kappa shape index (κ3) is 3.28. The van der Waals surface area contributed by atoms with Gasteiger partial charge in [-0.25, -0.2) is 17.5 Å². The number of aryl methyl sites for hydroxylation is 1. The number of aliphatic hydroxyl groups is 1. The van der Waals surface area contributed by atoms with Crippen LogP contribution in [0.25, 0.3) is 5.70 Å². The standard InChI is InChI=1S/C22H23NO7S/c1-14-7-9-15(10-8-14)31(27,28)23-19(17-5-4-12-30-17)16(20(25)29-2)13-22(21(23)26)11-3-6-18(22)24/h4-5,7-10,12,21,26H,3,6,11,13H2,1-2H3/t21?,22-/m0/s1. The van der Waals surface area contributed by atoms with Gasteiger partial charge in [-0.2, -0.15) is 0 Å². The monoisotopic (exact) mass is 445 g/mol. The van der Waals surface area contributed by atoms with E-state index >= 15 is 0 Å². The normalized spacial score (nSPS) is 24.2. The Morgan fingerprint density at radius 1 is 1.26 bits per heavy atom. The lowest BCUT2D eigenvalue weighted by Crippen LogP contribution is -2.55. The van der Waals surface area contributed by atoms with E-state index in [1.807, 2.05) is 6.92 Å². The van der Waals surface area contributed by atoms with Crippen LogP contribution in [0.2, 0.25) is 0 Å². The minimum absolute atomic E-state index is 0.0197. The molecule has 2 atom stereocenters. The molecule has 1 unspecified atom stereocenters. The Labute approximate surface area is 180 Å². The molecule has 2 aliphatic rings. The zero-order valence-corrected chi connectivity index (χ0v) is 18.0. The fraction of sp³-hybridized carbons (Fsp3) is 0.364. The number of ketones is 1. The van der Waals surface area contributed by atoms with Crippen LogP contribution in [-0.4, -0.2) is 42.9 Å². The summed E-state index contributed by atoms with van der Waals surface area (Å²) in [6.45, 7) is 1.82. The number of sulfonamides is 1. The molecule has 8 nitrogen and oxygen atoms in total. The van der Waals surface area contributed by atoms with Crippen LogP contribution in [0.3, 0.4) is 0 Å². The van der Waals surface area contributed by atoms with E-state index in [2.05, 4.69) is 0 Å². The Bertz CT molecular complexity index is 1150. The molecule has 0 amide bonds. The summed E-state index contributed by atoms with van der Waals surface area (Å²) in [4.78, 5) is 25.6. The van der Waals surface area contributed by atoms with E-state index in [0.29, 0.717) is 6.42 Å². The van der Waals surface area contributed by atoms with Gasteiger partial charge in [-0.1, -0.05) is 17.7 Å². The van der Waals surface area contributed by atoms with Gasteiger partial charge in [0.1, 0.15) is 11.5 Å². The third-order valence-electron chi connectivity index (χ3n) is 6.06. The Morgan fingerprint density at radius 2 is 1.97 bits per heavy atom. The number of esters is 1. The Kier molecular flexibility index (Phi) is 5.26. The lowest BCUT2D eigenvalue weighted by atomic mass is 9.74. The number of hydrogen-bond donors (Lipinski definition) is 1. The van der Waals surface area contributed by atoms with Crippen LogP contribution in [-0.2, 0) is 24.3 Å². The average Bonchev–Trinajstić information content (AvgIpc) is 3.40. The quantitative estimate of drug-likeness (QED) is 0.720. The summed E-state index contributed by atoms with van der Waals surface area (Å²) in [5, 5.41) is 11.4. The molecule has 1 N–H and O–H groups in total. The van der Waals surface area contributed by atoms with Crippen LogP contribution in [0.1, 0.15) is 37.0 Å². The molecule has 1 aromatic heterocycles. The fourth-order valence-corrected chi connectivity index (χ4v) is 6.03. The molecule has 1 aliphatic carbocycles. The van der Waals surface area contributed by atoms with Crippen molar-refractivity contribution in [3.8, 4) is 0 Å². The highest BCUT2D eigenvalue weighted by Crippen LogP contribution is 2.52. The van der Waals surface area contributed by atoms with Gasteiger partial charge in [0.15, 0.2) is 12.0 Å². The number of rotatable bonds is 4. The average molecular weight is 445 g/mol. The minimum atomic E-state index is -4.36. The number of benzene rings is 1. The molecule has 1 spiro atoms. The lowest BCUT2D eigenvalue weighted by Gasteiger charge is -2.45. The van der Waals surface area contributed by atoms with Crippen LogP contribution in [0.5, 0.6) is 0 Å². The molecular formula is C22H23NO7S. The van der Waals surface area contributed by atoms with E-state index in [0.717, 1.165) is 9.87 Å². The molecule has 4 rings (SSSR count). The van der Waals surface area contributed by atoms with Crippen molar-refractivity contribution in [2.45, 2.75) is 43.7 Å². The molecule has 0 saturated heterocycles. The smallest absolute Gasteiger partial charge is 0.336 e. The lowest BCUT2D eigenvalue weighted by molar-refractivity contribution is -0.141. The first-order valence-electron chi connectivity index (χ1n) is 9.90. The molecule has 0 bridgehead atoms. The fourth-order valence-electron chi connectivity index (χ4n) is 4.42. The maximum absolute atomic E-state index is 13.7. The summed E-state index contributed by atoms with van der Waals surface area (Å²) in [6, 6.07) is 9.16. The van der Waals surface area contributed by atoms with Crippen molar-refractivity contribution < 1.29 is 32.3 Å². The number of carbonyl (C=O) groups is 2. The maximum atomic E-state index is 13.7. The van der Waals surface area contributed by atoms with Gasteiger partial charge in [0.2, 0.25) is 0 Å². The SMILES string of the molecule is COC(=O)C1=C(c2ccco2)N(S(=O)(=O)c2ccc(C)cc2)C(O)[C@@]2(CCCC2=O)C1. The van der Waals surface area contributed by atoms with Crippen molar-refractivity contribution in [3.63, 3.8) is 0 Å². The van der Waals surface area contributed by atoms with Gasteiger partial charge < -0.3 is 14.3 Å². The van der Waals surface area contributed by atoms with Crippen molar-refractivity contribution in [1.29, 1.82) is 0 Å². The molecule has 1 saturated carbocycles. The van der Waals surface area contributed by atoms with Gasteiger partial charge in [0.25, 0.3) is 10.0 Å². The van der Waals surface area contributed by atoms with Crippen LogP contribution < -0.4 is 0 Å². The molecule has 0 radical (unpaired) electrons. The number of aliphatic hydroxyl groups excluding tert-OH is 1. The van der Waals surface area contributed by atoms with Crippen molar-refractivity contribution in [2.24, 2.45) is 5.41 Å². The van der Waals surface area contributed by atoms with E-state index in [1.54, 1.807) is 18.2 Å². The van der Waals surface area contributed by atoms with Gasteiger partial charge in [-0.3, -0.25) is 4.79 Å². The molecule has 31 heavy (non-hydrogen) atoms. The molecule has 9 heteroatoms. The zero-order valence-electron chi connectivity index (χ0n) is 17.2. The number of methoxy groups -OCH3 is 1. The Hall–Kier alpha value is -2.91. The summed E-state index contributed by atoms with van der Waals surface area (Å²) in [7, 11) is -3.18. The first-order valence-corrected chi connectivity index (χ1v) is 11.3. The molecule has 2 aromatic rings. The number of nitrogens with zero attached hydrogens (tertiary/aromatic N) is 1. The predicted octanol–water partition coefficient (Wildman–Crippen LogP) is 2.62. The minimum Gasteiger partial charge on any atom is -0.466 e. The Balaban J connectivity index is 2.01. The number of Topliss-reactive ketones (excluding diaryl/α,β-unsaturated/α-hetero) is 1. The second-order valence-electron chi connectivity index (χ2n) is 7.89. The molecule has 164 valence electrons. The van der Waals surface area contributed by atoms with Gasteiger partial charge in [-0.15, -0.1) is 0 Å². The second kappa shape index (κ2) is 7.65. The van der Waals surface area contributed by atoms with Crippen LogP contribution in [0.15, 0.2) is 57.5 Å². The van der Waals surface area contributed by atoms with Gasteiger partial charge in [0, 0.05) is 6.42 Å². The van der Waals surface area contributed by atoms with Gasteiger partial charge in [-0.05, 0) is 50.5 Å². The van der Waals surface area contributed by atoms with Gasteiger partial charge >= 0.3 is 5.97 Å². The van der Waals surface area contributed by atoms with E-state index in [4.69, 9.17) is 9.15 Å². The van der Waals surface area contributed by atoms with E-state index in [9.17, 15) is 23.1 Å². The summed E-state index contributed by atoms with van der Waals surface area (Å²) >= 11 is 0. The maximum Gasteiger partial charge on any atom is 0.336 e. The molecule has 1 fully saturated rings. The molecule has 1 aromatic carbocycles. The van der Waals surface area contributed by atoms with Crippen LogP contribution >= 0.6 is 0 Å². The summed E-state index contributed by atoms with van der Waals surface area (Å²) in [6.07, 6.45) is 0.487. The van der Waals surface area contributed by atoms with Crippen molar-refractivity contribution in [3.05, 3.63) is 59.6 Å².